The molecule has 1 atom stereocenters. The molecule has 21 heavy (non-hydrogen) atoms. The van der Waals surface area contributed by atoms with Gasteiger partial charge in [-0.15, -0.1) is 11.8 Å². The molecule has 0 spiro atoms. The van der Waals surface area contributed by atoms with Crippen LogP contribution in [0.3, 0.4) is 0 Å². The van der Waals surface area contributed by atoms with Gasteiger partial charge in [0.2, 0.25) is 5.91 Å². The number of anilines is 2. The molecule has 3 rings (SSSR count). The van der Waals surface area contributed by atoms with E-state index in [4.69, 9.17) is 5.73 Å². The van der Waals surface area contributed by atoms with Crippen LogP contribution in [0.25, 0.3) is 0 Å². The monoisotopic (exact) mass is 298 g/mol. The predicted molar refractivity (Wildman–Crippen MR) is 89.4 cm³/mol. The Hall–Kier alpha value is -1.94. The number of carbonyl (C=O) groups excluding carboxylic acids is 1. The molecule has 0 aromatic heterocycles. The Morgan fingerprint density at radius 3 is 2.43 bits per heavy atom. The second kappa shape index (κ2) is 5.82. The van der Waals surface area contributed by atoms with Gasteiger partial charge in [0.25, 0.3) is 0 Å². The van der Waals surface area contributed by atoms with Crippen LogP contribution in [-0.4, -0.2) is 11.7 Å². The van der Waals surface area contributed by atoms with Gasteiger partial charge in [0, 0.05) is 11.4 Å². The van der Waals surface area contributed by atoms with Crippen molar-refractivity contribution in [3.63, 3.8) is 0 Å². The maximum Gasteiger partial charge on any atom is 0.238 e. The fourth-order valence-electron chi connectivity index (χ4n) is 2.50. The van der Waals surface area contributed by atoms with Crippen molar-refractivity contribution in [3.8, 4) is 0 Å². The molecular weight excluding hydrogens is 280 g/mol. The van der Waals surface area contributed by atoms with Crippen LogP contribution in [0.15, 0.2) is 48.5 Å². The van der Waals surface area contributed by atoms with Crippen LogP contribution in [0.5, 0.6) is 0 Å². The molecule has 1 fully saturated rings. The van der Waals surface area contributed by atoms with Crippen molar-refractivity contribution in [2.75, 3.05) is 16.4 Å². The molecule has 0 bridgehead atoms. The summed E-state index contributed by atoms with van der Waals surface area (Å²) in [5, 5.41) is 0.0329. The van der Waals surface area contributed by atoms with E-state index in [2.05, 4.69) is 19.1 Å². The third-order valence-corrected chi connectivity index (χ3v) is 4.92. The summed E-state index contributed by atoms with van der Waals surface area (Å²) in [5.41, 5.74) is 9.84. The number of carbonyl (C=O) groups is 1. The van der Waals surface area contributed by atoms with Crippen molar-refractivity contribution in [1.82, 2.24) is 0 Å². The number of hydrogen-bond acceptors (Lipinski definition) is 3. The maximum atomic E-state index is 12.3. The Kier molecular flexibility index (Phi) is 3.88. The molecule has 4 heteroatoms. The van der Waals surface area contributed by atoms with Crippen molar-refractivity contribution >= 4 is 29.0 Å². The second-order valence-corrected chi connectivity index (χ2v) is 6.18. The SMILES string of the molecule is CCc1ccc(N2C(=O)CS[C@H]2c2ccc(N)cc2)cc1. The average Bonchev–Trinajstić information content (AvgIpc) is 2.90. The summed E-state index contributed by atoms with van der Waals surface area (Å²) in [4.78, 5) is 14.1. The van der Waals surface area contributed by atoms with Crippen molar-refractivity contribution in [3.05, 3.63) is 59.7 Å². The molecule has 2 aromatic carbocycles. The first-order valence-corrected chi connectivity index (χ1v) is 8.12. The molecule has 2 N–H and O–H groups in total. The number of benzene rings is 2. The summed E-state index contributed by atoms with van der Waals surface area (Å²) in [5.74, 6) is 0.677. The van der Waals surface area contributed by atoms with Gasteiger partial charge in [-0.3, -0.25) is 9.69 Å². The number of thioether (sulfide) groups is 1. The standard InChI is InChI=1S/C17H18N2OS/c1-2-12-3-9-15(10-4-12)19-16(20)11-21-17(19)13-5-7-14(18)8-6-13/h3-10,17H,2,11,18H2,1H3/t17-/m0/s1. The lowest BCUT2D eigenvalue weighted by Crippen LogP contribution is -2.27. The van der Waals surface area contributed by atoms with Crippen LogP contribution in [0.1, 0.15) is 23.4 Å². The number of aryl methyl sites for hydroxylation is 1. The summed E-state index contributed by atoms with van der Waals surface area (Å²) in [6, 6.07) is 16.0. The first kappa shape index (κ1) is 14.0. The van der Waals surface area contributed by atoms with Gasteiger partial charge in [-0.2, -0.15) is 0 Å². The summed E-state index contributed by atoms with van der Waals surface area (Å²) in [6.45, 7) is 2.13. The first-order chi connectivity index (χ1) is 10.2. The quantitative estimate of drug-likeness (QED) is 0.881. The molecule has 3 nitrogen and oxygen atoms in total. The van der Waals surface area contributed by atoms with Gasteiger partial charge in [0.05, 0.1) is 5.75 Å². The van der Waals surface area contributed by atoms with E-state index in [-0.39, 0.29) is 11.3 Å². The molecule has 0 saturated carbocycles. The van der Waals surface area contributed by atoms with Gasteiger partial charge in [0.15, 0.2) is 0 Å². The van der Waals surface area contributed by atoms with Crippen LogP contribution in [-0.2, 0) is 11.2 Å². The van der Waals surface area contributed by atoms with Crippen LogP contribution in [0, 0.1) is 0 Å². The predicted octanol–water partition coefficient (Wildman–Crippen LogP) is 3.61. The Morgan fingerprint density at radius 2 is 1.81 bits per heavy atom. The molecule has 2 aromatic rings. The van der Waals surface area contributed by atoms with E-state index in [9.17, 15) is 4.79 Å². The number of nitrogens with zero attached hydrogens (tertiary/aromatic N) is 1. The number of amides is 1. The topological polar surface area (TPSA) is 46.3 Å². The zero-order valence-corrected chi connectivity index (χ0v) is 12.8. The molecule has 1 aliphatic heterocycles. The molecule has 108 valence electrons. The molecule has 1 heterocycles. The summed E-state index contributed by atoms with van der Waals surface area (Å²) >= 11 is 1.66. The zero-order valence-electron chi connectivity index (χ0n) is 12.0. The number of rotatable bonds is 3. The molecule has 1 amide bonds. The average molecular weight is 298 g/mol. The highest BCUT2D eigenvalue weighted by Crippen LogP contribution is 2.41. The zero-order chi connectivity index (χ0) is 14.8. The smallest absolute Gasteiger partial charge is 0.238 e. The number of nitrogen functional groups attached to an aromatic ring is 1. The molecule has 0 radical (unpaired) electrons. The fraction of sp³-hybridized carbons (Fsp3) is 0.235. The van der Waals surface area contributed by atoms with Crippen LogP contribution < -0.4 is 10.6 Å². The minimum atomic E-state index is 0.0329. The van der Waals surface area contributed by atoms with Gasteiger partial charge in [-0.25, -0.2) is 0 Å². The van der Waals surface area contributed by atoms with Crippen molar-refractivity contribution in [2.45, 2.75) is 18.7 Å². The highest BCUT2D eigenvalue weighted by Gasteiger charge is 2.33. The van der Waals surface area contributed by atoms with Gasteiger partial charge < -0.3 is 5.73 Å². The molecule has 1 aliphatic rings. The maximum absolute atomic E-state index is 12.3. The van der Waals surface area contributed by atoms with E-state index < -0.39 is 0 Å². The van der Waals surface area contributed by atoms with Crippen LogP contribution in [0.2, 0.25) is 0 Å². The van der Waals surface area contributed by atoms with E-state index in [0.29, 0.717) is 5.75 Å². The van der Waals surface area contributed by atoms with E-state index >= 15 is 0 Å². The highest BCUT2D eigenvalue weighted by atomic mass is 32.2. The largest absolute Gasteiger partial charge is 0.399 e. The molecule has 0 unspecified atom stereocenters. The van der Waals surface area contributed by atoms with E-state index in [1.54, 1.807) is 11.8 Å². The minimum Gasteiger partial charge on any atom is -0.399 e. The Morgan fingerprint density at radius 1 is 1.14 bits per heavy atom. The second-order valence-electron chi connectivity index (χ2n) is 5.11. The van der Waals surface area contributed by atoms with Crippen molar-refractivity contribution in [1.29, 1.82) is 0 Å². The normalized spacial score (nSPS) is 18.2. The summed E-state index contributed by atoms with van der Waals surface area (Å²) < 4.78 is 0. The third kappa shape index (κ3) is 2.76. The molecule has 0 aliphatic carbocycles. The summed E-state index contributed by atoms with van der Waals surface area (Å²) in [7, 11) is 0. The van der Waals surface area contributed by atoms with Gasteiger partial charge in [-0.1, -0.05) is 31.2 Å². The lowest BCUT2D eigenvalue weighted by Gasteiger charge is -2.24. The number of nitrogens with two attached hydrogens (primary N) is 1. The first-order valence-electron chi connectivity index (χ1n) is 7.07. The van der Waals surface area contributed by atoms with Crippen molar-refractivity contribution < 1.29 is 4.79 Å². The van der Waals surface area contributed by atoms with Crippen molar-refractivity contribution in [2.24, 2.45) is 0 Å². The lowest BCUT2D eigenvalue weighted by molar-refractivity contribution is -0.115. The van der Waals surface area contributed by atoms with E-state index in [1.807, 2.05) is 41.3 Å². The number of hydrogen-bond donors (Lipinski definition) is 1. The Balaban J connectivity index is 1.93. The molecular formula is C17H18N2OS. The fourth-order valence-corrected chi connectivity index (χ4v) is 3.68. The Labute approximate surface area is 129 Å². The third-order valence-electron chi connectivity index (χ3n) is 3.71. The van der Waals surface area contributed by atoms with Gasteiger partial charge >= 0.3 is 0 Å². The van der Waals surface area contributed by atoms with E-state index in [1.165, 1.54) is 5.56 Å². The van der Waals surface area contributed by atoms with Crippen LogP contribution in [0.4, 0.5) is 11.4 Å². The van der Waals surface area contributed by atoms with Gasteiger partial charge in [-0.05, 0) is 41.8 Å². The lowest BCUT2D eigenvalue weighted by atomic mass is 10.1. The van der Waals surface area contributed by atoms with E-state index in [0.717, 1.165) is 23.4 Å². The Bertz CT molecular complexity index is 637. The highest BCUT2D eigenvalue weighted by molar-refractivity contribution is 8.00. The summed E-state index contributed by atoms with van der Waals surface area (Å²) in [6.07, 6.45) is 1.00. The molecule has 1 saturated heterocycles. The minimum absolute atomic E-state index is 0.0329. The van der Waals surface area contributed by atoms with Crippen LogP contribution >= 0.6 is 11.8 Å². The van der Waals surface area contributed by atoms with Gasteiger partial charge in [0.1, 0.15) is 5.37 Å².